The van der Waals surface area contributed by atoms with E-state index in [9.17, 15) is 4.79 Å². The highest BCUT2D eigenvalue weighted by Gasteiger charge is 2.04. The summed E-state index contributed by atoms with van der Waals surface area (Å²) in [6.45, 7) is 3.47. The van der Waals surface area contributed by atoms with Crippen molar-refractivity contribution in [3.05, 3.63) is 42.5 Å². The third-order valence-corrected chi connectivity index (χ3v) is 1.86. The molecular weight excluding hydrogens is 195 g/mol. The zero-order valence-corrected chi connectivity index (χ0v) is 8.36. The van der Waals surface area contributed by atoms with Crippen LogP contribution in [-0.2, 0) is 4.79 Å². The van der Waals surface area contributed by atoms with Crippen molar-refractivity contribution in [2.75, 3.05) is 0 Å². The molecule has 5 N–H and O–H groups in total. The van der Waals surface area contributed by atoms with E-state index in [1.807, 2.05) is 30.3 Å². The molecule has 0 heterocycles. The quantitative estimate of drug-likeness (QED) is 0.517. The Kier molecular flexibility index (Phi) is 8.24. The summed E-state index contributed by atoms with van der Waals surface area (Å²) in [5.41, 5.74) is 1.41. The standard InChI is InChI=1S/C10H11BO2.2H2O/c1-8(10(12)13)7-11-9-5-3-2-4-6-9;;/h2-6,11H,1,7H2,(H,12,13);2*1H2. The van der Waals surface area contributed by atoms with E-state index in [4.69, 9.17) is 5.11 Å². The summed E-state index contributed by atoms with van der Waals surface area (Å²) >= 11 is 0. The van der Waals surface area contributed by atoms with Gasteiger partial charge in [0, 0.05) is 5.57 Å². The molecule has 1 aromatic rings. The Labute approximate surface area is 89.1 Å². The average molecular weight is 210 g/mol. The second-order valence-corrected chi connectivity index (χ2v) is 2.89. The average Bonchev–Trinajstić information content (AvgIpc) is 2.15. The maximum atomic E-state index is 10.4. The highest BCUT2D eigenvalue weighted by atomic mass is 16.4. The molecule has 0 unspecified atom stereocenters. The number of rotatable bonds is 4. The molecule has 0 atom stereocenters. The van der Waals surface area contributed by atoms with E-state index in [2.05, 4.69) is 6.58 Å². The van der Waals surface area contributed by atoms with Crippen LogP contribution in [0, 0.1) is 0 Å². The lowest BCUT2D eigenvalue weighted by Gasteiger charge is -1.98. The van der Waals surface area contributed by atoms with Crippen LogP contribution in [0.4, 0.5) is 0 Å². The number of aliphatic carboxylic acids is 1. The van der Waals surface area contributed by atoms with Crippen molar-refractivity contribution >= 4 is 18.7 Å². The summed E-state index contributed by atoms with van der Waals surface area (Å²) in [6.07, 6.45) is 0.513. The first-order valence-electron chi connectivity index (χ1n) is 4.15. The molecule has 0 saturated carbocycles. The molecule has 0 aromatic heterocycles. The lowest BCUT2D eigenvalue weighted by Crippen LogP contribution is -2.15. The van der Waals surface area contributed by atoms with Gasteiger partial charge in [-0.05, 0) is 6.32 Å². The zero-order chi connectivity index (χ0) is 9.68. The smallest absolute Gasteiger partial charge is 0.330 e. The van der Waals surface area contributed by atoms with E-state index in [0.29, 0.717) is 6.32 Å². The van der Waals surface area contributed by atoms with Gasteiger partial charge in [-0.3, -0.25) is 0 Å². The Bertz CT molecular complexity index is 310. The van der Waals surface area contributed by atoms with E-state index in [1.54, 1.807) is 0 Å². The minimum Gasteiger partial charge on any atom is -0.478 e. The number of carboxylic acid groups (broad SMARTS) is 1. The van der Waals surface area contributed by atoms with E-state index in [-0.39, 0.29) is 16.5 Å². The third kappa shape index (κ3) is 5.67. The van der Waals surface area contributed by atoms with Gasteiger partial charge in [0.15, 0.2) is 7.28 Å². The Hall–Kier alpha value is -1.59. The molecule has 1 aromatic carbocycles. The first-order chi connectivity index (χ1) is 6.20. The van der Waals surface area contributed by atoms with Gasteiger partial charge in [-0.25, -0.2) is 4.79 Å². The van der Waals surface area contributed by atoms with Crippen LogP contribution < -0.4 is 5.46 Å². The molecule has 0 fully saturated rings. The summed E-state index contributed by atoms with van der Waals surface area (Å²) in [6, 6.07) is 9.79. The molecule has 0 amide bonds. The number of hydrogen-bond acceptors (Lipinski definition) is 1. The maximum absolute atomic E-state index is 10.4. The summed E-state index contributed by atoms with van der Waals surface area (Å²) < 4.78 is 0. The van der Waals surface area contributed by atoms with Crippen LogP contribution in [0.2, 0.25) is 6.32 Å². The van der Waals surface area contributed by atoms with Crippen LogP contribution in [0.25, 0.3) is 0 Å². The number of hydrogen-bond donors (Lipinski definition) is 1. The van der Waals surface area contributed by atoms with Crippen LogP contribution in [0.15, 0.2) is 42.5 Å². The van der Waals surface area contributed by atoms with Crippen LogP contribution >= 0.6 is 0 Å². The minimum atomic E-state index is -0.907. The Morgan fingerprint density at radius 3 is 2.27 bits per heavy atom. The van der Waals surface area contributed by atoms with Crippen LogP contribution in [0.3, 0.4) is 0 Å². The van der Waals surface area contributed by atoms with Crippen molar-refractivity contribution in [1.29, 1.82) is 0 Å². The van der Waals surface area contributed by atoms with Crippen molar-refractivity contribution in [1.82, 2.24) is 0 Å². The Balaban J connectivity index is 0. The molecule has 0 radical (unpaired) electrons. The fourth-order valence-corrected chi connectivity index (χ4v) is 1.05. The first-order valence-corrected chi connectivity index (χ1v) is 4.15. The first kappa shape index (κ1) is 15.9. The molecule has 4 nitrogen and oxygen atoms in total. The SMILES string of the molecule is C=C(CBc1ccccc1)C(=O)O.O.O. The third-order valence-electron chi connectivity index (χ3n) is 1.86. The van der Waals surface area contributed by atoms with Crippen molar-refractivity contribution in [3.63, 3.8) is 0 Å². The van der Waals surface area contributed by atoms with Gasteiger partial charge in [0.2, 0.25) is 0 Å². The fourth-order valence-electron chi connectivity index (χ4n) is 1.05. The second kappa shape index (κ2) is 7.79. The van der Waals surface area contributed by atoms with Gasteiger partial charge in [-0.2, -0.15) is 0 Å². The molecule has 0 aliphatic rings. The van der Waals surface area contributed by atoms with Crippen LogP contribution in [0.1, 0.15) is 0 Å². The Morgan fingerprint density at radius 2 is 1.80 bits per heavy atom. The summed E-state index contributed by atoms with van der Waals surface area (Å²) in [5.74, 6) is -0.907. The molecule has 0 aliphatic heterocycles. The lowest BCUT2D eigenvalue weighted by atomic mass is 9.65. The van der Waals surface area contributed by atoms with Gasteiger partial charge >= 0.3 is 5.97 Å². The van der Waals surface area contributed by atoms with Crippen molar-refractivity contribution in [2.45, 2.75) is 6.32 Å². The van der Waals surface area contributed by atoms with Gasteiger partial charge in [0.25, 0.3) is 0 Å². The normalized spacial score (nSPS) is 8.00. The predicted molar refractivity (Wildman–Crippen MR) is 62.0 cm³/mol. The second-order valence-electron chi connectivity index (χ2n) is 2.89. The summed E-state index contributed by atoms with van der Waals surface area (Å²) in [5, 5.41) is 8.56. The van der Waals surface area contributed by atoms with Crippen molar-refractivity contribution < 1.29 is 20.9 Å². The van der Waals surface area contributed by atoms with E-state index in [0.717, 1.165) is 12.7 Å². The maximum Gasteiger partial charge on any atom is 0.330 e. The summed E-state index contributed by atoms with van der Waals surface area (Å²) in [7, 11) is 0.742. The molecule has 82 valence electrons. The molecule has 1 rings (SSSR count). The predicted octanol–water partition coefficient (Wildman–Crippen LogP) is -0.842. The zero-order valence-electron chi connectivity index (χ0n) is 8.36. The van der Waals surface area contributed by atoms with Gasteiger partial charge in [0.05, 0.1) is 0 Å². The van der Waals surface area contributed by atoms with Gasteiger partial charge < -0.3 is 16.1 Å². The molecule has 0 spiro atoms. The number of carboxylic acids is 1. The summed E-state index contributed by atoms with van der Waals surface area (Å²) in [4.78, 5) is 10.4. The molecule has 0 saturated heterocycles. The molecule has 15 heavy (non-hydrogen) atoms. The van der Waals surface area contributed by atoms with E-state index in [1.165, 1.54) is 0 Å². The fraction of sp³-hybridized carbons (Fsp3) is 0.100. The van der Waals surface area contributed by atoms with Gasteiger partial charge in [-0.15, -0.1) is 0 Å². The van der Waals surface area contributed by atoms with Crippen LogP contribution in [0.5, 0.6) is 0 Å². The minimum absolute atomic E-state index is 0. The number of benzene rings is 1. The molecule has 5 heteroatoms. The Morgan fingerprint density at radius 1 is 1.27 bits per heavy atom. The van der Waals surface area contributed by atoms with E-state index >= 15 is 0 Å². The van der Waals surface area contributed by atoms with E-state index < -0.39 is 5.97 Å². The molecule has 0 bridgehead atoms. The van der Waals surface area contributed by atoms with Gasteiger partial charge in [0.1, 0.15) is 0 Å². The number of carbonyl (C=O) groups is 1. The van der Waals surface area contributed by atoms with Gasteiger partial charge in [-0.1, -0.05) is 42.4 Å². The highest BCUT2D eigenvalue weighted by Crippen LogP contribution is 1.97. The largest absolute Gasteiger partial charge is 0.478 e. The molecular formula is C10H15BO4. The monoisotopic (exact) mass is 210 g/mol. The van der Waals surface area contributed by atoms with Crippen LogP contribution in [-0.4, -0.2) is 29.3 Å². The van der Waals surface area contributed by atoms with Crippen molar-refractivity contribution in [2.24, 2.45) is 0 Å². The topological polar surface area (TPSA) is 100 Å². The highest BCUT2D eigenvalue weighted by molar-refractivity contribution is 6.54. The van der Waals surface area contributed by atoms with Crippen molar-refractivity contribution in [3.8, 4) is 0 Å². The molecule has 0 aliphatic carbocycles. The lowest BCUT2D eigenvalue weighted by molar-refractivity contribution is -0.132.